The van der Waals surface area contributed by atoms with Crippen LogP contribution in [0, 0.1) is 11.8 Å². The Labute approximate surface area is 181 Å². The van der Waals surface area contributed by atoms with Crippen LogP contribution < -0.4 is 4.90 Å². The first kappa shape index (κ1) is 22.6. The second-order valence-corrected chi connectivity index (χ2v) is 6.88. The largest absolute Gasteiger partial charge is 0.382 e. The van der Waals surface area contributed by atoms with Gasteiger partial charge in [-0.2, -0.15) is 0 Å². The van der Waals surface area contributed by atoms with Gasteiger partial charge in [-0.1, -0.05) is 55.5 Å². The summed E-state index contributed by atoms with van der Waals surface area (Å²) in [5, 5.41) is 0. The topological polar surface area (TPSA) is 6.48 Å². The van der Waals surface area contributed by atoms with Crippen molar-refractivity contribution < 1.29 is 0 Å². The predicted octanol–water partition coefficient (Wildman–Crippen LogP) is 6.77. The van der Waals surface area contributed by atoms with Crippen molar-refractivity contribution in [3.63, 3.8) is 0 Å². The summed E-state index contributed by atoms with van der Waals surface area (Å²) in [6, 6.07) is 16.8. The number of anilines is 1. The number of benzene rings is 2. The first-order chi connectivity index (χ1) is 14.5. The number of hydrogen-bond donors (Lipinski definition) is 0. The molecule has 30 heavy (non-hydrogen) atoms. The van der Waals surface area contributed by atoms with Crippen molar-refractivity contribution in [1.29, 1.82) is 0 Å². The molecule has 0 atom stereocenters. The molecule has 0 amide bonds. The van der Waals surface area contributed by atoms with Gasteiger partial charge >= 0.3 is 0 Å². The molecular formula is C28H30N2. The van der Waals surface area contributed by atoms with Gasteiger partial charge < -0.3 is 9.80 Å². The summed E-state index contributed by atoms with van der Waals surface area (Å²) in [5.74, 6) is 6.02. The van der Waals surface area contributed by atoms with Crippen molar-refractivity contribution >= 4 is 5.69 Å². The van der Waals surface area contributed by atoms with Gasteiger partial charge in [-0.15, -0.1) is 5.92 Å². The Kier molecular flexibility index (Phi) is 8.54. The fourth-order valence-electron chi connectivity index (χ4n) is 3.04. The second kappa shape index (κ2) is 11.3. The fraction of sp³-hybridized carbons (Fsp3) is 0.143. The SMILES string of the molecule is C=C/C(=C\C=C/C)N(/C(C=C)=C/N(C)C)c1ccc(-c2ccc(C#CC)cc2)cc1. The molecule has 0 N–H and O–H groups in total. The van der Waals surface area contributed by atoms with Crippen molar-refractivity contribution in [2.24, 2.45) is 0 Å². The molecule has 0 saturated carbocycles. The van der Waals surface area contributed by atoms with Crippen LogP contribution in [0.1, 0.15) is 19.4 Å². The summed E-state index contributed by atoms with van der Waals surface area (Å²) in [7, 11) is 4.00. The minimum Gasteiger partial charge on any atom is -0.382 e. The molecule has 152 valence electrons. The molecule has 2 nitrogen and oxygen atoms in total. The molecule has 0 heterocycles. The zero-order valence-electron chi connectivity index (χ0n) is 18.4. The zero-order chi connectivity index (χ0) is 21.9. The molecule has 0 aliphatic rings. The van der Waals surface area contributed by atoms with E-state index in [1.807, 2.05) is 69.4 Å². The van der Waals surface area contributed by atoms with Crippen LogP contribution in [0.15, 0.2) is 110 Å². The van der Waals surface area contributed by atoms with Gasteiger partial charge in [-0.3, -0.25) is 0 Å². The molecule has 0 radical (unpaired) electrons. The number of hydrogen-bond acceptors (Lipinski definition) is 2. The zero-order valence-corrected chi connectivity index (χ0v) is 18.4. The molecule has 0 fully saturated rings. The van der Waals surface area contributed by atoms with Gasteiger partial charge in [-0.25, -0.2) is 0 Å². The van der Waals surface area contributed by atoms with Gasteiger partial charge in [0.25, 0.3) is 0 Å². The van der Waals surface area contributed by atoms with E-state index in [-0.39, 0.29) is 0 Å². The molecule has 0 bridgehead atoms. The summed E-state index contributed by atoms with van der Waals surface area (Å²) in [6.45, 7) is 11.9. The average Bonchev–Trinajstić information content (AvgIpc) is 2.76. The summed E-state index contributed by atoms with van der Waals surface area (Å²) in [6.07, 6.45) is 11.8. The highest BCUT2D eigenvalue weighted by molar-refractivity contribution is 5.70. The monoisotopic (exact) mass is 394 g/mol. The standard InChI is InChI=1S/C28H30N2/c1-7-11-13-26(9-3)30(27(10-4)22-29(5)6)28-20-18-25(19-21-28)24-16-14-23(12-8-2)15-17-24/h7,9-11,13-22H,3-4H2,1-2,5-6H3/b11-7-,26-13+,27-22+. The van der Waals surface area contributed by atoms with Crippen LogP contribution in [0.4, 0.5) is 5.69 Å². The average molecular weight is 395 g/mol. The van der Waals surface area contributed by atoms with E-state index < -0.39 is 0 Å². The van der Waals surface area contributed by atoms with Gasteiger partial charge in [0.15, 0.2) is 0 Å². The molecular weight excluding hydrogens is 364 g/mol. The second-order valence-electron chi connectivity index (χ2n) is 6.88. The fourth-order valence-corrected chi connectivity index (χ4v) is 3.04. The third kappa shape index (κ3) is 5.90. The van der Waals surface area contributed by atoms with E-state index in [1.54, 1.807) is 0 Å². The van der Waals surface area contributed by atoms with Gasteiger partial charge in [0.1, 0.15) is 0 Å². The molecule has 0 spiro atoms. The van der Waals surface area contributed by atoms with E-state index in [9.17, 15) is 0 Å². The van der Waals surface area contributed by atoms with Crippen molar-refractivity contribution in [3.8, 4) is 23.0 Å². The van der Waals surface area contributed by atoms with Crippen LogP contribution in [0.3, 0.4) is 0 Å². The third-order valence-electron chi connectivity index (χ3n) is 4.40. The minimum absolute atomic E-state index is 0.964. The van der Waals surface area contributed by atoms with Crippen LogP contribution >= 0.6 is 0 Å². The Morgan fingerprint density at radius 3 is 1.90 bits per heavy atom. The van der Waals surface area contributed by atoms with Crippen LogP contribution in [0.25, 0.3) is 11.1 Å². The molecule has 0 aliphatic carbocycles. The van der Waals surface area contributed by atoms with E-state index in [0.717, 1.165) is 33.8 Å². The Morgan fingerprint density at radius 2 is 1.43 bits per heavy atom. The van der Waals surface area contributed by atoms with Crippen molar-refractivity contribution in [1.82, 2.24) is 4.90 Å². The number of allylic oxidation sites excluding steroid dienone is 5. The minimum atomic E-state index is 0.964. The highest BCUT2D eigenvalue weighted by atomic mass is 15.2. The number of rotatable bonds is 8. The predicted molar refractivity (Wildman–Crippen MR) is 132 cm³/mol. The molecule has 0 aliphatic heterocycles. The van der Waals surface area contributed by atoms with Crippen LogP contribution in [0.2, 0.25) is 0 Å². The highest BCUT2D eigenvalue weighted by Crippen LogP contribution is 2.29. The van der Waals surface area contributed by atoms with Gasteiger partial charge in [-0.05, 0) is 67.5 Å². The normalized spacial score (nSPS) is 11.6. The lowest BCUT2D eigenvalue weighted by molar-refractivity contribution is 0.558. The lowest BCUT2D eigenvalue weighted by Gasteiger charge is -2.28. The smallest absolute Gasteiger partial charge is 0.0614 e. The van der Waals surface area contributed by atoms with Crippen LogP contribution in [-0.4, -0.2) is 19.0 Å². The molecule has 0 unspecified atom stereocenters. The van der Waals surface area contributed by atoms with E-state index in [4.69, 9.17) is 0 Å². The first-order valence-corrected chi connectivity index (χ1v) is 9.93. The van der Waals surface area contributed by atoms with Gasteiger partial charge in [0.2, 0.25) is 0 Å². The van der Waals surface area contributed by atoms with E-state index in [2.05, 4.69) is 78.4 Å². The lowest BCUT2D eigenvalue weighted by atomic mass is 10.0. The summed E-state index contributed by atoms with van der Waals surface area (Å²) >= 11 is 0. The summed E-state index contributed by atoms with van der Waals surface area (Å²) in [4.78, 5) is 4.15. The van der Waals surface area contributed by atoms with E-state index >= 15 is 0 Å². The lowest BCUT2D eigenvalue weighted by Crippen LogP contribution is -2.21. The Balaban J connectivity index is 2.49. The maximum atomic E-state index is 4.02. The van der Waals surface area contributed by atoms with Crippen molar-refractivity contribution in [3.05, 3.63) is 115 Å². The molecule has 2 rings (SSSR count). The maximum absolute atomic E-state index is 4.02. The molecule has 2 heteroatoms. The van der Waals surface area contributed by atoms with Crippen molar-refractivity contribution in [2.45, 2.75) is 13.8 Å². The first-order valence-electron chi connectivity index (χ1n) is 9.93. The summed E-state index contributed by atoms with van der Waals surface area (Å²) in [5.41, 5.74) is 6.32. The van der Waals surface area contributed by atoms with Crippen molar-refractivity contribution in [2.75, 3.05) is 19.0 Å². The Morgan fingerprint density at radius 1 is 0.867 bits per heavy atom. The third-order valence-corrected chi connectivity index (χ3v) is 4.40. The van der Waals surface area contributed by atoms with Crippen LogP contribution in [0.5, 0.6) is 0 Å². The van der Waals surface area contributed by atoms with E-state index in [1.165, 1.54) is 0 Å². The van der Waals surface area contributed by atoms with Crippen LogP contribution in [-0.2, 0) is 0 Å². The Hall–Kier alpha value is -3.70. The molecule has 0 aromatic heterocycles. The summed E-state index contributed by atoms with van der Waals surface area (Å²) < 4.78 is 0. The molecule has 0 saturated heterocycles. The van der Waals surface area contributed by atoms with Gasteiger partial charge in [0, 0.05) is 37.2 Å². The number of nitrogens with zero attached hydrogens (tertiary/aromatic N) is 2. The highest BCUT2D eigenvalue weighted by Gasteiger charge is 2.13. The molecule has 2 aromatic carbocycles. The maximum Gasteiger partial charge on any atom is 0.0614 e. The van der Waals surface area contributed by atoms with Gasteiger partial charge in [0.05, 0.1) is 5.70 Å². The molecule has 2 aromatic rings. The van der Waals surface area contributed by atoms with E-state index in [0.29, 0.717) is 0 Å². The Bertz CT molecular complexity index is 1010. The quantitative estimate of drug-likeness (QED) is 0.360.